The molecule has 0 aromatic heterocycles. The molecule has 1 aromatic carbocycles. The second kappa shape index (κ2) is 6.70. The van der Waals surface area contributed by atoms with Crippen LogP contribution in [-0.4, -0.2) is 26.0 Å². The van der Waals surface area contributed by atoms with E-state index in [1.807, 2.05) is 0 Å². The van der Waals surface area contributed by atoms with Crippen molar-refractivity contribution in [3.63, 3.8) is 0 Å². The third-order valence-corrected chi connectivity index (χ3v) is 5.93. The van der Waals surface area contributed by atoms with Crippen LogP contribution in [0.5, 0.6) is 0 Å². The topological polar surface area (TPSA) is 72.2 Å². The van der Waals surface area contributed by atoms with E-state index in [2.05, 4.69) is 36.6 Å². The lowest BCUT2D eigenvalue weighted by Gasteiger charge is -2.19. The molecule has 0 amide bonds. The molecule has 0 radical (unpaired) electrons. The number of sulfone groups is 1. The zero-order valence-corrected chi connectivity index (χ0v) is 12.8. The molecule has 0 bridgehead atoms. The molecule has 2 atom stereocenters. The quantitative estimate of drug-likeness (QED) is 0.615. The first-order chi connectivity index (χ1) is 9.52. The summed E-state index contributed by atoms with van der Waals surface area (Å²) < 4.78 is 23.0. The smallest absolute Gasteiger partial charge is 0.150 e. The largest absolute Gasteiger partial charge is 0.271 e. The van der Waals surface area contributed by atoms with Gasteiger partial charge in [0, 0.05) is 6.04 Å². The molecule has 1 aliphatic heterocycles. The van der Waals surface area contributed by atoms with E-state index in [1.54, 1.807) is 0 Å². The van der Waals surface area contributed by atoms with Crippen LogP contribution in [0, 0.1) is 5.92 Å². The summed E-state index contributed by atoms with van der Waals surface area (Å²) in [4.78, 5) is 0. The fourth-order valence-corrected chi connectivity index (χ4v) is 4.75. The van der Waals surface area contributed by atoms with E-state index >= 15 is 0 Å². The maximum Gasteiger partial charge on any atom is 0.150 e. The Hall–Kier alpha value is -0.910. The summed E-state index contributed by atoms with van der Waals surface area (Å²) in [6, 6.07) is 8.69. The molecule has 1 fully saturated rings. The Kier molecular flexibility index (Phi) is 5.18. The van der Waals surface area contributed by atoms with Gasteiger partial charge in [0.2, 0.25) is 0 Å². The second-order valence-corrected chi connectivity index (χ2v) is 7.97. The molecule has 0 spiro atoms. The molecule has 4 nitrogen and oxygen atoms in total. The summed E-state index contributed by atoms with van der Waals surface area (Å²) in [6.07, 6.45) is 3.48. The molecule has 112 valence electrons. The summed E-state index contributed by atoms with van der Waals surface area (Å²) in [5, 5.41) is 0. The van der Waals surface area contributed by atoms with Crippen LogP contribution in [0.15, 0.2) is 24.3 Å². The van der Waals surface area contributed by atoms with Gasteiger partial charge in [0.25, 0.3) is 0 Å². The molecule has 0 saturated carbocycles. The molecule has 5 heteroatoms. The van der Waals surface area contributed by atoms with Gasteiger partial charge >= 0.3 is 0 Å². The van der Waals surface area contributed by atoms with Crippen LogP contribution >= 0.6 is 0 Å². The van der Waals surface area contributed by atoms with E-state index in [0.29, 0.717) is 11.5 Å². The van der Waals surface area contributed by atoms with Gasteiger partial charge in [-0.25, -0.2) is 8.42 Å². The lowest BCUT2D eigenvalue weighted by atomic mass is 9.94. The normalized spacial score (nSPS) is 22.8. The molecule has 1 saturated heterocycles. The van der Waals surface area contributed by atoms with E-state index in [-0.39, 0.29) is 12.0 Å². The number of hydrogen-bond acceptors (Lipinski definition) is 4. The predicted molar refractivity (Wildman–Crippen MR) is 82.0 cm³/mol. The van der Waals surface area contributed by atoms with Gasteiger partial charge in [0.15, 0.2) is 9.84 Å². The Morgan fingerprint density at radius 3 is 2.45 bits per heavy atom. The summed E-state index contributed by atoms with van der Waals surface area (Å²) in [5.74, 6) is 6.52. The molecular weight excluding hydrogens is 272 g/mol. The lowest BCUT2D eigenvalue weighted by Crippen LogP contribution is -2.38. The van der Waals surface area contributed by atoms with Gasteiger partial charge in [-0.3, -0.25) is 11.3 Å². The minimum absolute atomic E-state index is 0.140. The summed E-state index contributed by atoms with van der Waals surface area (Å²) >= 11 is 0. The predicted octanol–water partition coefficient (Wildman–Crippen LogP) is 1.45. The number of nitrogens with two attached hydrogens (primary N) is 1. The maximum absolute atomic E-state index is 11.5. The number of benzene rings is 1. The van der Waals surface area contributed by atoms with Crippen molar-refractivity contribution in [1.29, 1.82) is 0 Å². The van der Waals surface area contributed by atoms with E-state index in [9.17, 15) is 8.42 Å². The molecular formula is C15H24N2O2S. The Bertz CT molecular complexity index is 525. The number of rotatable bonds is 6. The van der Waals surface area contributed by atoms with Crippen molar-refractivity contribution in [1.82, 2.24) is 5.43 Å². The molecule has 0 aliphatic carbocycles. The van der Waals surface area contributed by atoms with Crippen molar-refractivity contribution in [3.05, 3.63) is 35.4 Å². The molecule has 1 aliphatic rings. The molecule has 1 aromatic rings. The zero-order valence-electron chi connectivity index (χ0n) is 12.0. The fourth-order valence-electron chi connectivity index (χ4n) is 2.87. The van der Waals surface area contributed by atoms with Crippen LogP contribution < -0.4 is 11.3 Å². The van der Waals surface area contributed by atoms with Crippen molar-refractivity contribution >= 4 is 9.84 Å². The Morgan fingerprint density at radius 2 is 1.95 bits per heavy atom. The van der Waals surface area contributed by atoms with Crippen molar-refractivity contribution in [2.75, 3.05) is 11.5 Å². The van der Waals surface area contributed by atoms with E-state index in [4.69, 9.17) is 5.84 Å². The highest BCUT2D eigenvalue weighted by atomic mass is 32.2. The van der Waals surface area contributed by atoms with Crippen molar-refractivity contribution in [2.45, 2.75) is 38.6 Å². The minimum atomic E-state index is -2.80. The third kappa shape index (κ3) is 4.30. The number of aryl methyl sites for hydroxylation is 1. The van der Waals surface area contributed by atoms with Gasteiger partial charge in [-0.05, 0) is 42.7 Å². The van der Waals surface area contributed by atoms with Crippen molar-refractivity contribution < 1.29 is 8.42 Å². The average molecular weight is 296 g/mol. The number of hydrogen-bond donors (Lipinski definition) is 2. The molecule has 2 rings (SSSR count). The highest BCUT2D eigenvalue weighted by Gasteiger charge is 2.29. The molecule has 2 unspecified atom stereocenters. The van der Waals surface area contributed by atoms with Crippen LogP contribution in [0.25, 0.3) is 0 Å². The standard InChI is InChI=1S/C15H24N2O2S/c1-2-12-3-5-13(6-4-12)9-15(17-16)10-14-7-8-20(18,19)11-14/h3-6,14-15,17H,2,7-11,16H2,1H3. The average Bonchev–Trinajstić information content (AvgIpc) is 2.78. The highest BCUT2D eigenvalue weighted by Crippen LogP contribution is 2.24. The Balaban J connectivity index is 1.91. The number of nitrogens with one attached hydrogen (secondary N) is 1. The van der Waals surface area contributed by atoms with Crippen LogP contribution in [0.1, 0.15) is 30.9 Å². The van der Waals surface area contributed by atoms with Gasteiger partial charge in [0.05, 0.1) is 11.5 Å². The minimum Gasteiger partial charge on any atom is -0.271 e. The summed E-state index contributed by atoms with van der Waals surface area (Å²) in [6.45, 7) is 2.14. The zero-order chi connectivity index (χ0) is 14.6. The highest BCUT2D eigenvalue weighted by molar-refractivity contribution is 7.91. The first-order valence-corrected chi connectivity index (χ1v) is 9.09. The Morgan fingerprint density at radius 1 is 1.30 bits per heavy atom. The third-order valence-electron chi connectivity index (χ3n) is 4.09. The van der Waals surface area contributed by atoms with Gasteiger partial charge < -0.3 is 0 Å². The van der Waals surface area contributed by atoms with Crippen molar-refractivity contribution in [2.24, 2.45) is 11.8 Å². The molecule has 1 heterocycles. The van der Waals surface area contributed by atoms with Gasteiger partial charge in [-0.15, -0.1) is 0 Å². The summed E-state index contributed by atoms with van der Waals surface area (Å²) in [7, 11) is -2.80. The van der Waals surface area contributed by atoms with Crippen LogP contribution in [0.3, 0.4) is 0 Å². The monoisotopic (exact) mass is 296 g/mol. The van der Waals surface area contributed by atoms with Crippen LogP contribution in [0.2, 0.25) is 0 Å². The Labute approximate surface area is 121 Å². The molecule has 3 N–H and O–H groups in total. The lowest BCUT2D eigenvalue weighted by molar-refractivity contribution is 0.408. The van der Waals surface area contributed by atoms with Crippen LogP contribution in [0.4, 0.5) is 0 Å². The fraction of sp³-hybridized carbons (Fsp3) is 0.600. The first-order valence-electron chi connectivity index (χ1n) is 7.26. The van der Waals surface area contributed by atoms with Crippen molar-refractivity contribution in [3.8, 4) is 0 Å². The first kappa shape index (κ1) is 15.5. The second-order valence-electron chi connectivity index (χ2n) is 5.74. The van der Waals surface area contributed by atoms with E-state index < -0.39 is 9.84 Å². The van der Waals surface area contributed by atoms with Crippen LogP contribution in [-0.2, 0) is 22.7 Å². The molecule has 20 heavy (non-hydrogen) atoms. The summed E-state index contributed by atoms with van der Waals surface area (Å²) in [5.41, 5.74) is 5.41. The van der Waals surface area contributed by atoms with E-state index in [0.717, 1.165) is 25.7 Å². The van der Waals surface area contributed by atoms with Gasteiger partial charge in [-0.1, -0.05) is 31.2 Å². The van der Waals surface area contributed by atoms with Gasteiger partial charge in [0.1, 0.15) is 0 Å². The number of hydrazine groups is 1. The SMILES string of the molecule is CCc1ccc(CC(CC2CCS(=O)(=O)C2)NN)cc1. The maximum atomic E-state index is 11.5. The van der Waals surface area contributed by atoms with E-state index in [1.165, 1.54) is 11.1 Å². The van der Waals surface area contributed by atoms with Gasteiger partial charge in [-0.2, -0.15) is 0 Å².